The van der Waals surface area contributed by atoms with Gasteiger partial charge in [0.05, 0.1) is 0 Å². The predicted molar refractivity (Wildman–Crippen MR) is 223 cm³/mol. The fraction of sp³-hybridized carbons (Fsp3) is 0. The van der Waals surface area contributed by atoms with Gasteiger partial charge in [-0.25, -0.2) is 0 Å². The molecule has 3 aromatic heterocycles. The molecule has 0 saturated heterocycles. The summed E-state index contributed by atoms with van der Waals surface area (Å²) in [5.41, 5.74) is 10.5. The maximum Gasteiger partial charge on any atom is 0.136 e. The van der Waals surface area contributed by atoms with Crippen LogP contribution in [0.3, 0.4) is 0 Å². The lowest BCUT2D eigenvalue weighted by Gasteiger charge is -2.25. The molecule has 3 heterocycles. The Balaban J connectivity index is 1.05. The molecule has 9 aromatic carbocycles. The van der Waals surface area contributed by atoms with Crippen LogP contribution in [0, 0.1) is 0 Å². The number of rotatable bonds is 4. The number of hydrogen-bond acceptors (Lipinski definition) is 4. The standard InChI is InChI=1S/C50H29NO3/c1-2-11-33(12-3-1)51(34-21-26-43-40(28-34)49-37-14-7-5-10-31(37)19-24-46(49)53-43)35-20-25-42-41(29-35)50-38(15-8-16-44(50)52-42)32-17-22-39-47(27-32)54-45-23-18-30-9-4-6-13-36(30)48(39)45/h1-29H. The number of nitrogens with zero attached hydrogens (tertiary/aromatic N) is 1. The number of benzene rings is 9. The van der Waals surface area contributed by atoms with Crippen molar-refractivity contribution in [3.8, 4) is 11.1 Å². The number of anilines is 3. The van der Waals surface area contributed by atoms with Crippen LogP contribution in [-0.4, -0.2) is 0 Å². The molecule has 0 atom stereocenters. The molecule has 0 unspecified atom stereocenters. The molecule has 0 saturated carbocycles. The Morgan fingerprint density at radius 3 is 1.54 bits per heavy atom. The summed E-state index contributed by atoms with van der Waals surface area (Å²) >= 11 is 0. The average molecular weight is 692 g/mol. The third-order valence-electron chi connectivity index (χ3n) is 11.0. The highest BCUT2D eigenvalue weighted by Gasteiger charge is 2.20. The van der Waals surface area contributed by atoms with Crippen LogP contribution in [-0.2, 0) is 0 Å². The second kappa shape index (κ2) is 11.1. The Hall–Kier alpha value is -7.30. The smallest absolute Gasteiger partial charge is 0.136 e. The van der Waals surface area contributed by atoms with Crippen molar-refractivity contribution in [2.75, 3.05) is 4.90 Å². The monoisotopic (exact) mass is 691 g/mol. The Labute approximate surface area is 308 Å². The van der Waals surface area contributed by atoms with Gasteiger partial charge in [-0.1, -0.05) is 97.1 Å². The zero-order valence-electron chi connectivity index (χ0n) is 28.9. The van der Waals surface area contributed by atoms with Crippen LogP contribution >= 0.6 is 0 Å². The first kappa shape index (κ1) is 29.3. The van der Waals surface area contributed by atoms with Crippen molar-refractivity contribution in [3.05, 3.63) is 176 Å². The van der Waals surface area contributed by atoms with E-state index in [1.54, 1.807) is 0 Å². The minimum Gasteiger partial charge on any atom is -0.456 e. The molecule has 0 bridgehead atoms. The Kier molecular flexibility index (Phi) is 6.02. The van der Waals surface area contributed by atoms with E-state index in [2.05, 4.69) is 181 Å². The fourth-order valence-corrected chi connectivity index (χ4v) is 8.61. The average Bonchev–Trinajstić information content (AvgIpc) is 3.92. The van der Waals surface area contributed by atoms with E-state index in [1.807, 2.05) is 0 Å². The van der Waals surface area contributed by atoms with Crippen LogP contribution in [0.1, 0.15) is 0 Å². The van der Waals surface area contributed by atoms with Crippen molar-refractivity contribution in [1.82, 2.24) is 0 Å². The molecule has 0 radical (unpaired) electrons. The molecule has 0 fully saturated rings. The van der Waals surface area contributed by atoms with Crippen LogP contribution in [0.25, 0.3) is 98.5 Å². The SMILES string of the molecule is c1ccc(N(c2ccc3oc4cccc(-c5ccc6c(c5)oc5ccc7ccccc7c56)c4c3c2)c2ccc3oc4ccc5ccccc5c4c3c2)cc1. The maximum atomic E-state index is 6.53. The normalized spacial score (nSPS) is 12.1. The van der Waals surface area contributed by atoms with Gasteiger partial charge in [-0.15, -0.1) is 0 Å². The number of fused-ring (bicyclic) bond motifs is 13. The first-order valence-electron chi connectivity index (χ1n) is 18.2. The summed E-state index contributed by atoms with van der Waals surface area (Å²) in [6.45, 7) is 0. The van der Waals surface area contributed by atoms with Crippen LogP contribution < -0.4 is 4.90 Å². The lowest BCUT2D eigenvalue weighted by atomic mass is 9.97. The highest BCUT2D eigenvalue weighted by Crippen LogP contribution is 2.44. The van der Waals surface area contributed by atoms with Crippen LogP contribution in [0.2, 0.25) is 0 Å². The third kappa shape index (κ3) is 4.25. The van der Waals surface area contributed by atoms with Gasteiger partial charge in [-0.05, 0) is 112 Å². The molecular formula is C50H29NO3. The predicted octanol–water partition coefficient (Wildman–Crippen LogP) is 14.8. The summed E-state index contributed by atoms with van der Waals surface area (Å²) in [4.78, 5) is 2.31. The van der Waals surface area contributed by atoms with Crippen molar-refractivity contribution in [2.24, 2.45) is 0 Å². The topological polar surface area (TPSA) is 42.7 Å². The molecule has 252 valence electrons. The maximum absolute atomic E-state index is 6.53. The lowest BCUT2D eigenvalue weighted by molar-refractivity contribution is 0.668. The highest BCUT2D eigenvalue weighted by molar-refractivity contribution is 6.21. The van der Waals surface area contributed by atoms with E-state index < -0.39 is 0 Å². The molecule has 0 aliphatic carbocycles. The molecule has 54 heavy (non-hydrogen) atoms. The Morgan fingerprint density at radius 1 is 0.296 bits per heavy atom. The van der Waals surface area contributed by atoms with Gasteiger partial charge in [0.25, 0.3) is 0 Å². The zero-order chi connectivity index (χ0) is 35.3. The number of para-hydroxylation sites is 1. The van der Waals surface area contributed by atoms with Gasteiger partial charge in [0.2, 0.25) is 0 Å². The summed E-state index contributed by atoms with van der Waals surface area (Å²) in [6.07, 6.45) is 0. The Bertz CT molecular complexity index is 3460. The zero-order valence-corrected chi connectivity index (χ0v) is 28.9. The molecule has 12 aromatic rings. The van der Waals surface area contributed by atoms with E-state index in [4.69, 9.17) is 13.3 Å². The van der Waals surface area contributed by atoms with Crippen molar-refractivity contribution >= 4 is 104 Å². The van der Waals surface area contributed by atoms with Gasteiger partial charge in [0, 0.05) is 49.4 Å². The quantitative estimate of drug-likeness (QED) is 0.184. The van der Waals surface area contributed by atoms with Crippen LogP contribution in [0.5, 0.6) is 0 Å². The highest BCUT2D eigenvalue weighted by atomic mass is 16.3. The fourth-order valence-electron chi connectivity index (χ4n) is 8.61. The van der Waals surface area contributed by atoms with E-state index >= 15 is 0 Å². The lowest BCUT2D eigenvalue weighted by Crippen LogP contribution is -2.09. The molecule has 4 nitrogen and oxygen atoms in total. The molecule has 12 rings (SSSR count). The minimum atomic E-state index is 0.841. The molecule has 0 N–H and O–H groups in total. The van der Waals surface area contributed by atoms with Gasteiger partial charge < -0.3 is 18.2 Å². The van der Waals surface area contributed by atoms with E-state index in [-0.39, 0.29) is 0 Å². The summed E-state index contributed by atoms with van der Waals surface area (Å²) in [5, 5.41) is 11.4. The first-order valence-corrected chi connectivity index (χ1v) is 18.2. The summed E-state index contributed by atoms with van der Waals surface area (Å²) in [6, 6.07) is 61.9. The summed E-state index contributed by atoms with van der Waals surface area (Å²) in [5.74, 6) is 0. The molecule has 0 spiro atoms. The minimum absolute atomic E-state index is 0.841. The largest absolute Gasteiger partial charge is 0.456 e. The second-order valence-corrected chi connectivity index (χ2v) is 14.0. The Morgan fingerprint density at radius 2 is 0.852 bits per heavy atom. The van der Waals surface area contributed by atoms with Crippen molar-refractivity contribution in [1.29, 1.82) is 0 Å². The molecular weight excluding hydrogens is 663 g/mol. The van der Waals surface area contributed by atoms with E-state index in [0.717, 1.165) is 94.0 Å². The first-order chi connectivity index (χ1) is 26.7. The van der Waals surface area contributed by atoms with Gasteiger partial charge in [-0.3, -0.25) is 0 Å². The molecule has 0 aliphatic heterocycles. The van der Waals surface area contributed by atoms with Gasteiger partial charge in [0.15, 0.2) is 0 Å². The van der Waals surface area contributed by atoms with Crippen LogP contribution in [0.15, 0.2) is 189 Å². The van der Waals surface area contributed by atoms with Crippen molar-refractivity contribution in [2.45, 2.75) is 0 Å². The molecule has 4 heteroatoms. The summed E-state index contributed by atoms with van der Waals surface area (Å²) < 4.78 is 19.4. The van der Waals surface area contributed by atoms with E-state index in [0.29, 0.717) is 0 Å². The number of hydrogen-bond donors (Lipinski definition) is 0. The van der Waals surface area contributed by atoms with Gasteiger partial charge in [0.1, 0.15) is 33.5 Å². The number of furan rings is 3. The molecule has 0 amide bonds. The molecule has 0 aliphatic rings. The third-order valence-corrected chi connectivity index (χ3v) is 11.0. The van der Waals surface area contributed by atoms with Gasteiger partial charge in [-0.2, -0.15) is 0 Å². The second-order valence-electron chi connectivity index (χ2n) is 14.0. The van der Waals surface area contributed by atoms with Crippen molar-refractivity contribution in [3.63, 3.8) is 0 Å². The summed E-state index contributed by atoms with van der Waals surface area (Å²) in [7, 11) is 0. The van der Waals surface area contributed by atoms with Gasteiger partial charge >= 0.3 is 0 Å². The van der Waals surface area contributed by atoms with E-state index in [1.165, 1.54) is 21.5 Å². The van der Waals surface area contributed by atoms with Crippen molar-refractivity contribution < 1.29 is 13.3 Å². The van der Waals surface area contributed by atoms with E-state index in [9.17, 15) is 0 Å². The van der Waals surface area contributed by atoms with Crippen LogP contribution in [0.4, 0.5) is 17.1 Å².